The van der Waals surface area contributed by atoms with Crippen molar-refractivity contribution in [2.24, 2.45) is 0 Å². The van der Waals surface area contributed by atoms with E-state index in [1.165, 1.54) is 5.30 Å². The molecular formula is C6H6BClP. The zero-order valence-corrected chi connectivity index (χ0v) is 6.60. The molecule has 1 rings (SSSR count). The van der Waals surface area contributed by atoms with Gasteiger partial charge in [-0.25, -0.2) is 0 Å². The molecule has 9 heavy (non-hydrogen) atoms. The first-order chi connectivity index (χ1) is 3.93. The van der Waals surface area contributed by atoms with Gasteiger partial charge < -0.3 is 0 Å². The van der Waals surface area contributed by atoms with E-state index in [1.807, 2.05) is 30.3 Å². The summed E-state index contributed by atoms with van der Waals surface area (Å²) in [7, 11) is 0.402. The molecule has 0 saturated heterocycles. The van der Waals surface area contributed by atoms with Gasteiger partial charge in [0.15, 0.2) is 0 Å². The van der Waals surface area contributed by atoms with Crippen molar-refractivity contribution < 1.29 is 0 Å². The van der Waals surface area contributed by atoms with Crippen LogP contribution in [0.1, 0.15) is 0 Å². The molecule has 0 N–H and O–H groups in total. The number of benzene rings is 1. The largest absolute Gasteiger partial charge is 0.0948 e. The van der Waals surface area contributed by atoms with Gasteiger partial charge in [0, 0.05) is 16.3 Å². The average molecular weight is 155 g/mol. The molecule has 1 aromatic carbocycles. The molecule has 0 aromatic heterocycles. The monoisotopic (exact) mass is 155 g/mol. The van der Waals surface area contributed by atoms with Gasteiger partial charge in [-0.1, -0.05) is 41.6 Å². The molecule has 3 heteroatoms. The lowest BCUT2D eigenvalue weighted by Gasteiger charge is -1.87. The number of rotatable bonds is 1. The van der Waals surface area contributed by atoms with Crippen LogP contribution in [-0.4, -0.2) is 8.41 Å². The lowest BCUT2D eigenvalue weighted by Crippen LogP contribution is -1.85. The fraction of sp³-hybridized carbons (Fsp3) is 0. The van der Waals surface area contributed by atoms with Gasteiger partial charge in [0.05, 0.1) is 0 Å². The second kappa shape index (κ2) is 4.84. The SMILES string of the molecule is ClPc1ccccc1.[B]. The van der Waals surface area contributed by atoms with E-state index < -0.39 is 0 Å². The summed E-state index contributed by atoms with van der Waals surface area (Å²) < 4.78 is 0. The van der Waals surface area contributed by atoms with Crippen LogP contribution in [-0.2, 0) is 0 Å². The highest BCUT2D eigenvalue weighted by atomic mass is 35.7. The van der Waals surface area contributed by atoms with E-state index in [2.05, 4.69) is 0 Å². The molecule has 0 nitrogen and oxygen atoms in total. The molecule has 0 amide bonds. The molecule has 1 unspecified atom stereocenters. The van der Waals surface area contributed by atoms with E-state index in [1.54, 1.807) is 0 Å². The second-order valence-corrected chi connectivity index (χ2v) is 2.79. The molecule has 0 aliphatic carbocycles. The molecule has 45 valence electrons. The van der Waals surface area contributed by atoms with Crippen molar-refractivity contribution in [3.8, 4) is 0 Å². The number of halogens is 1. The molecule has 0 bridgehead atoms. The normalized spacial score (nSPS) is 9.44. The Morgan fingerprint density at radius 2 is 1.67 bits per heavy atom. The Kier molecular flexibility index (Phi) is 4.85. The first kappa shape index (κ1) is 9.00. The summed E-state index contributed by atoms with van der Waals surface area (Å²) in [6, 6.07) is 10.0. The molecule has 0 heterocycles. The minimum atomic E-state index is 0. The molecule has 0 aliphatic heterocycles. The summed E-state index contributed by atoms with van der Waals surface area (Å²) in [5.41, 5.74) is 0. The highest BCUT2D eigenvalue weighted by Gasteiger charge is 1.81. The average Bonchev–Trinajstić information content (AvgIpc) is 1.90. The first-order valence-corrected chi connectivity index (χ1v) is 4.36. The molecule has 0 aliphatic rings. The third kappa shape index (κ3) is 2.88. The summed E-state index contributed by atoms with van der Waals surface area (Å²) in [5, 5.41) is 1.20. The van der Waals surface area contributed by atoms with E-state index in [4.69, 9.17) is 11.2 Å². The summed E-state index contributed by atoms with van der Waals surface area (Å²) >= 11 is 5.55. The maximum atomic E-state index is 5.55. The fourth-order valence-electron chi connectivity index (χ4n) is 0.501. The summed E-state index contributed by atoms with van der Waals surface area (Å²) in [5.74, 6) is 0. The molecule has 0 spiro atoms. The van der Waals surface area contributed by atoms with E-state index in [0.717, 1.165) is 0 Å². The lowest BCUT2D eigenvalue weighted by atomic mass is 10.4. The van der Waals surface area contributed by atoms with E-state index in [9.17, 15) is 0 Å². The van der Waals surface area contributed by atoms with Crippen LogP contribution in [0.15, 0.2) is 30.3 Å². The predicted molar refractivity (Wildman–Crippen MR) is 46.0 cm³/mol. The van der Waals surface area contributed by atoms with E-state index in [-0.39, 0.29) is 8.41 Å². The summed E-state index contributed by atoms with van der Waals surface area (Å²) in [4.78, 5) is 0. The Morgan fingerprint density at radius 1 is 1.11 bits per heavy atom. The Balaban J connectivity index is 0.000000640. The van der Waals surface area contributed by atoms with Crippen LogP contribution in [0.2, 0.25) is 0 Å². The van der Waals surface area contributed by atoms with Gasteiger partial charge in [-0.3, -0.25) is 0 Å². The van der Waals surface area contributed by atoms with Crippen LogP contribution in [0.5, 0.6) is 0 Å². The number of hydrogen-bond acceptors (Lipinski definition) is 0. The maximum absolute atomic E-state index is 5.55. The van der Waals surface area contributed by atoms with Crippen molar-refractivity contribution in [2.45, 2.75) is 0 Å². The Labute approximate surface area is 63.8 Å². The van der Waals surface area contributed by atoms with Crippen molar-refractivity contribution in [1.29, 1.82) is 0 Å². The molecule has 3 radical (unpaired) electrons. The molecular weight excluding hydrogens is 149 g/mol. The topological polar surface area (TPSA) is 0 Å². The maximum Gasteiger partial charge on any atom is 0.00659 e. The zero-order valence-electron chi connectivity index (χ0n) is 4.84. The van der Waals surface area contributed by atoms with E-state index in [0.29, 0.717) is 7.93 Å². The second-order valence-electron chi connectivity index (χ2n) is 1.46. The summed E-state index contributed by atoms with van der Waals surface area (Å²) in [6.07, 6.45) is 0. The molecule has 1 aromatic rings. The first-order valence-electron chi connectivity index (χ1n) is 2.35. The highest BCUT2D eigenvalue weighted by molar-refractivity contribution is 7.74. The Morgan fingerprint density at radius 3 is 2.00 bits per heavy atom. The van der Waals surface area contributed by atoms with Crippen LogP contribution in [0.3, 0.4) is 0 Å². The van der Waals surface area contributed by atoms with Gasteiger partial charge in [-0.2, -0.15) is 0 Å². The van der Waals surface area contributed by atoms with Gasteiger partial charge in [0.25, 0.3) is 0 Å². The van der Waals surface area contributed by atoms with Gasteiger partial charge in [0.2, 0.25) is 0 Å². The van der Waals surface area contributed by atoms with Crippen LogP contribution >= 0.6 is 19.2 Å². The minimum Gasteiger partial charge on any atom is -0.0948 e. The van der Waals surface area contributed by atoms with Gasteiger partial charge in [-0.15, -0.1) is 0 Å². The predicted octanol–water partition coefficient (Wildman–Crippen LogP) is 1.76. The fourth-order valence-corrected chi connectivity index (χ4v) is 1.20. The molecule has 0 fully saturated rings. The van der Waals surface area contributed by atoms with Gasteiger partial charge in [0.1, 0.15) is 0 Å². The van der Waals surface area contributed by atoms with Crippen molar-refractivity contribution in [2.75, 3.05) is 0 Å². The van der Waals surface area contributed by atoms with Crippen LogP contribution < -0.4 is 5.30 Å². The Bertz CT molecular complexity index is 154. The molecule has 1 atom stereocenters. The third-order valence-electron chi connectivity index (χ3n) is 0.883. The van der Waals surface area contributed by atoms with Crippen molar-refractivity contribution >= 4 is 32.9 Å². The van der Waals surface area contributed by atoms with Crippen molar-refractivity contribution in [1.82, 2.24) is 0 Å². The van der Waals surface area contributed by atoms with Crippen molar-refractivity contribution in [3.63, 3.8) is 0 Å². The Hall–Kier alpha value is 0.00494. The smallest absolute Gasteiger partial charge is 0.00659 e. The van der Waals surface area contributed by atoms with E-state index >= 15 is 0 Å². The molecule has 0 saturated carbocycles. The quantitative estimate of drug-likeness (QED) is 0.428. The number of hydrogen-bond donors (Lipinski definition) is 0. The summed E-state index contributed by atoms with van der Waals surface area (Å²) in [6.45, 7) is 0. The lowest BCUT2D eigenvalue weighted by molar-refractivity contribution is 1.78. The van der Waals surface area contributed by atoms with Crippen molar-refractivity contribution in [3.05, 3.63) is 30.3 Å². The third-order valence-corrected chi connectivity index (χ3v) is 2.09. The highest BCUT2D eigenvalue weighted by Crippen LogP contribution is 2.13. The van der Waals surface area contributed by atoms with Gasteiger partial charge >= 0.3 is 0 Å². The standard InChI is InChI=1S/C6H6ClP.B/c7-8-6-4-2-1-3-5-6;/h1-5,8H;. The zero-order chi connectivity index (χ0) is 5.82. The van der Waals surface area contributed by atoms with Crippen LogP contribution in [0, 0.1) is 0 Å². The van der Waals surface area contributed by atoms with Crippen LogP contribution in [0.25, 0.3) is 0 Å². The minimum absolute atomic E-state index is 0. The van der Waals surface area contributed by atoms with Crippen LogP contribution in [0.4, 0.5) is 0 Å². The van der Waals surface area contributed by atoms with Gasteiger partial charge in [-0.05, 0) is 5.30 Å².